The maximum Gasteiger partial charge on any atom is 0.235 e. The molecule has 0 atom stereocenters. The number of carbonyl (C=O) groups excluding carboxylic acids is 1. The first-order chi connectivity index (χ1) is 12.4. The van der Waals surface area contributed by atoms with Crippen LogP contribution in [0.4, 0.5) is 0 Å². The number of amides is 1. The molecule has 0 saturated carbocycles. The van der Waals surface area contributed by atoms with Crippen molar-refractivity contribution in [2.75, 3.05) is 20.8 Å². The maximum atomic E-state index is 12.2. The number of nitrogens with zero attached hydrogens (tertiary/aromatic N) is 1. The van der Waals surface area contributed by atoms with Gasteiger partial charge in [0.05, 0.1) is 26.5 Å². The summed E-state index contributed by atoms with van der Waals surface area (Å²) < 4.78 is 36.9. The third-order valence-electron chi connectivity index (χ3n) is 3.50. The Morgan fingerprint density at radius 1 is 1.04 bits per heavy atom. The van der Waals surface area contributed by atoms with Crippen LogP contribution in [0.5, 0.6) is 11.5 Å². The number of hydrogen-bond donors (Lipinski definition) is 2. The third kappa shape index (κ3) is 6.01. The molecule has 0 aliphatic heterocycles. The normalized spacial score (nSPS) is 11.0. The minimum atomic E-state index is -3.67. The number of hydrogen-bond acceptors (Lipinski definition) is 6. The monoisotopic (exact) mass is 379 g/mol. The van der Waals surface area contributed by atoms with E-state index in [1.54, 1.807) is 42.7 Å². The molecule has 2 N–H and O–H groups in total. The predicted molar refractivity (Wildman–Crippen MR) is 96.3 cm³/mol. The van der Waals surface area contributed by atoms with Crippen molar-refractivity contribution < 1.29 is 22.7 Å². The molecule has 0 spiro atoms. The quantitative estimate of drug-likeness (QED) is 0.669. The smallest absolute Gasteiger partial charge is 0.235 e. The number of methoxy groups -OCH3 is 2. The van der Waals surface area contributed by atoms with Crippen molar-refractivity contribution in [2.24, 2.45) is 0 Å². The van der Waals surface area contributed by atoms with Crippen LogP contribution >= 0.6 is 0 Å². The van der Waals surface area contributed by atoms with E-state index >= 15 is 0 Å². The fourth-order valence-corrected chi connectivity index (χ4v) is 3.25. The number of sulfonamides is 1. The maximum absolute atomic E-state index is 12.2. The second-order valence-electron chi connectivity index (χ2n) is 5.40. The zero-order valence-corrected chi connectivity index (χ0v) is 15.4. The van der Waals surface area contributed by atoms with Gasteiger partial charge in [-0.15, -0.1) is 0 Å². The number of benzene rings is 1. The zero-order valence-electron chi connectivity index (χ0n) is 14.6. The highest BCUT2D eigenvalue weighted by Gasteiger charge is 2.15. The second kappa shape index (κ2) is 9.16. The number of ether oxygens (including phenoxy) is 2. The Morgan fingerprint density at radius 3 is 2.38 bits per heavy atom. The first kappa shape index (κ1) is 19.7. The molecule has 0 saturated heterocycles. The summed E-state index contributed by atoms with van der Waals surface area (Å²) in [6, 6.07) is 8.37. The topological polar surface area (TPSA) is 107 Å². The summed E-state index contributed by atoms with van der Waals surface area (Å²) in [5.41, 5.74) is 1.40. The summed E-state index contributed by atoms with van der Waals surface area (Å²) in [6.45, 7) is -0.0283. The zero-order chi connectivity index (χ0) is 19.0. The molecular weight excluding hydrogens is 358 g/mol. The van der Waals surface area contributed by atoms with Crippen molar-refractivity contribution >= 4 is 15.9 Å². The van der Waals surface area contributed by atoms with Gasteiger partial charge in [-0.05, 0) is 35.4 Å². The lowest BCUT2D eigenvalue weighted by molar-refractivity contribution is -0.120. The number of rotatable bonds is 9. The summed E-state index contributed by atoms with van der Waals surface area (Å²) in [6.07, 6.45) is 3.24. The van der Waals surface area contributed by atoms with E-state index in [4.69, 9.17) is 9.47 Å². The average molecular weight is 379 g/mol. The van der Waals surface area contributed by atoms with Gasteiger partial charge in [-0.1, -0.05) is 6.07 Å². The molecule has 26 heavy (non-hydrogen) atoms. The lowest BCUT2D eigenvalue weighted by atomic mass is 10.2. The van der Waals surface area contributed by atoms with E-state index in [1.807, 2.05) is 0 Å². The highest BCUT2D eigenvalue weighted by Crippen LogP contribution is 2.28. The van der Waals surface area contributed by atoms with Gasteiger partial charge in [0, 0.05) is 18.9 Å². The lowest BCUT2D eigenvalue weighted by Gasteiger charge is -2.11. The van der Waals surface area contributed by atoms with Crippen LogP contribution in [-0.4, -0.2) is 40.1 Å². The van der Waals surface area contributed by atoms with Crippen LogP contribution in [0, 0.1) is 0 Å². The van der Waals surface area contributed by atoms with Crippen molar-refractivity contribution in [1.29, 1.82) is 0 Å². The van der Waals surface area contributed by atoms with Crippen LogP contribution < -0.4 is 19.5 Å². The average Bonchev–Trinajstić information content (AvgIpc) is 2.65. The Balaban J connectivity index is 1.87. The second-order valence-corrected chi connectivity index (χ2v) is 7.21. The number of aromatic nitrogens is 1. The molecule has 1 amide bonds. The van der Waals surface area contributed by atoms with Gasteiger partial charge in [0.2, 0.25) is 15.9 Å². The van der Waals surface area contributed by atoms with Crippen LogP contribution in [0.15, 0.2) is 42.7 Å². The van der Waals surface area contributed by atoms with Gasteiger partial charge in [-0.2, -0.15) is 0 Å². The summed E-state index contributed by atoms with van der Waals surface area (Å²) in [5, 5.41) is 2.64. The molecule has 8 nitrogen and oxygen atoms in total. The van der Waals surface area contributed by atoms with Crippen molar-refractivity contribution in [3.63, 3.8) is 0 Å². The third-order valence-corrected chi connectivity index (χ3v) is 4.79. The van der Waals surface area contributed by atoms with Gasteiger partial charge in [0.1, 0.15) is 0 Å². The largest absolute Gasteiger partial charge is 0.493 e. The van der Waals surface area contributed by atoms with E-state index in [2.05, 4.69) is 15.0 Å². The van der Waals surface area contributed by atoms with E-state index in [-0.39, 0.29) is 12.3 Å². The summed E-state index contributed by atoms with van der Waals surface area (Å²) in [5.74, 6) is 0.260. The molecular formula is C17H21N3O5S. The van der Waals surface area contributed by atoms with Gasteiger partial charge in [0.25, 0.3) is 0 Å². The van der Waals surface area contributed by atoms with E-state index < -0.39 is 15.9 Å². The Morgan fingerprint density at radius 2 is 1.73 bits per heavy atom. The van der Waals surface area contributed by atoms with E-state index in [0.29, 0.717) is 23.6 Å². The summed E-state index contributed by atoms with van der Waals surface area (Å²) in [4.78, 5) is 15.7. The summed E-state index contributed by atoms with van der Waals surface area (Å²) >= 11 is 0. The fourth-order valence-electron chi connectivity index (χ4n) is 2.18. The van der Waals surface area contributed by atoms with Crippen molar-refractivity contribution in [1.82, 2.24) is 15.0 Å². The Labute approximate surface area is 152 Å². The van der Waals surface area contributed by atoms with Gasteiger partial charge in [-0.25, -0.2) is 13.1 Å². The Bertz CT molecular complexity index is 841. The highest BCUT2D eigenvalue weighted by atomic mass is 32.2. The molecule has 1 heterocycles. The molecule has 2 aromatic rings. The van der Waals surface area contributed by atoms with Crippen LogP contribution in [0.1, 0.15) is 11.1 Å². The van der Waals surface area contributed by atoms with Gasteiger partial charge in [-0.3, -0.25) is 9.78 Å². The van der Waals surface area contributed by atoms with Crippen LogP contribution in [0.25, 0.3) is 0 Å². The van der Waals surface area contributed by atoms with Crippen molar-refractivity contribution in [3.8, 4) is 11.5 Å². The fraction of sp³-hybridized carbons (Fsp3) is 0.294. The van der Waals surface area contributed by atoms with Gasteiger partial charge < -0.3 is 14.8 Å². The van der Waals surface area contributed by atoms with E-state index in [9.17, 15) is 13.2 Å². The molecule has 0 aliphatic carbocycles. The minimum Gasteiger partial charge on any atom is -0.493 e. The molecule has 0 unspecified atom stereocenters. The molecule has 0 radical (unpaired) electrons. The molecule has 0 aliphatic rings. The predicted octanol–water partition coefficient (Wildman–Crippen LogP) is 0.835. The minimum absolute atomic E-state index is 0.273. The van der Waals surface area contributed by atoms with Crippen LogP contribution in [0.2, 0.25) is 0 Å². The molecule has 9 heteroatoms. The number of pyridine rings is 1. The van der Waals surface area contributed by atoms with Crippen LogP contribution in [-0.2, 0) is 27.1 Å². The van der Waals surface area contributed by atoms with E-state index in [1.165, 1.54) is 14.2 Å². The standard InChI is InChI=1S/C17H21N3O5S/c1-24-15-4-3-14(9-16(15)25-2)12-26(22,23)20-11-17(21)19-10-13-5-7-18-8-6-13/h3-9,20H,10-12H2,1-2H3,(H,19,21). The van der Waals surface area contributed by atoms with Crippen LogP contribution in [0.3, 0.4) is 0 Å². The molecule has 1 aromatic heterocycles. The molecule has 0 fully saturated rings. The Hall–Kier alpha value is -2.65. The number of nitrogens with one attached hydrogen (secondary N) is 2. The molecule has 140 valence electrons. The number of carbonyl (C=O) groups is 1. The SMILES string of the molecule is COc1ccc(CS(=O)(=O)NCC(=O)NCc2ccncc2)cc1OC. The lowest BCUT2D eigenvalue weighted by Crippen LogP contribution is -2.37. The van der Waals surface area contributed by atoms with E-state index in [0.717, 1.165) is 5.56 Å². The molecule has 2 rings (SSSR count). The van der Waals surface area contributed by atoms with Crippen molar-refractivity contribution in [2.45, 2.75) is 12.3 Å². The molecule has 1 aromatic carbocycles. The van der Waals surface area contributed by atoms with Gasteiger partial charge >= 0.3 is 0 Å². The first-order valence-electron chi connectivity index (χ1n) is 7.77. The Kier molecular flexibility index (Phi) is 6.93. The van der Waals surface area contributed by atoms with Crippen molar-refractivity contribution in [3.05, 3.63) is 53.9 Å². The highest BCUT2D eigenvalue weighted by molar-refractivity contribution is 7.88. The van der Waals surface area contributed by atoms with Gasteiger partial charge in [0.15, 0.2) is 11.5 Å². The first-order valence-corrected chi connectivity index (χ1v) is 9.42. The molecule has 0 bridgehead atoms. The summed E-state index contributed by atoms with van der Waals surface area (Å²) in [7, 11) is -0.700.